The van der Waals surface area contributed by atoms with Crippen LogP contribution in [0.4, 0.5) is 0 Å². The van der Waals surface area contributed by atoms with Gasteiger partial charge in [0.25, 0.3) is 0 Å². The maximum atomic E-state index is 4.09. The van der Waals surface area contributed by atoms with Crippen LogP contribution in [0.2, 0.25) is 0 Å². The summed E-state index contributed by atoms with van der Waals surface area (Å²) in [5.41, 5.74) is 0. The van der Waals surface area contributed by atoms with Crippen molar-refractivity contribution in [2.45, 2.75) is 31.8 Å². The Morgan fingerprint density at radius 3 is 3.00 bits per heavy atom. The molecule has 0 atom stereocenters. The number of aromatic nitrogens is 4. The van der Waals surface area contributed by atoms with Gasteiger partial charge in [-0.2, -0.15) is 0 Å². The molecule has 0 aliphatic heterocycles. The van der Waals surface area contributed by atoms with E-state index in [1.807, 2.05) is 11.7 Å². The van der Waals surface area contributed by atoms with Crippen molar-refractivity contribution in [2.24, 2.45) is 0 Å². The number of hydrogen-bond donors (Lipinski definition) is 1. The summed E-state index contributed by atoms with van der Waals surface area (Å²) >= 11 is 0. The highest BCUT2D eigenvalue weighted by Crippen LogP contribution is 2.34. The molecule has 1 aliphatic rings. The van der Waals surface area contributed by atoms with Gasteiger partial charge in [0.2, 0.25) is 0 Å². The number of tetrazole rings is 1. The topological polar surface area (TPSA) is 58.9 Å². The Morgan fingerprint density at radius 2 is 2.31 bits per heavy atom. The highest BCUT2D eigenvalue weighted by atomic mass is 15.6. The fraction of sp³-hybridized carbons (Fsp3) is 0.900. The van der Waals surface area contributed by atoms with E-state index in [2.05, 4.69) is 32.8 Å². The molecule has 1 aromatic rings. The Balaban J connectivity index is 1.80. The quantitative estimate of drug-likeness (QED) is 0.663. The first-order valence-electron chi connectivity index (χ1n) is 5.91. The summed E-state index contributed by atoms with van der Waals surface area (Å²) in [6.07, 6.45) is 3.60. The SMILES string of the molecule is CNCCCN(C)Cc1nnnn1C1CC1. The van der Waals surface area contributed by atoms with Gasteiger partial charge in [-0.05, 0) is 56.9 Å². The third-order valence-corrected chi connectivity index (χ3v) is 2.83. The van der Waals surface area contributed by atoms with E-state index >= 15 is 0 Å². The smallest absolute Gasteiger partial charge is 0.165 e. The molecule has 1 saturated carbocycles. The Bertz CT molecular complexity index is 319. The lowest BCUT2D eigenvalue weighted by Gasteiger charge is -2.15. The second-order valence-electron chi connectivity index (χ2n) is 4.47. The molecule has 1 aromatic heterocycles. The molecule has 0 saturated heterocycles. The maximum absolute atomic E-state index is 4.09. The Morgan fingerprint density at radius 1 is 1.50 bits per heavy atom. The molecular formula is C10H20N6. The van der Waals surface area contributed by atoms with E-state index < -0.39 is 0 Å². The molecule has 1 fully saturated rings. The third-order valence-electron chi connectivity index (χ3n) is 2.83. The molecule has 2 rings (SSSR count). The minimum atomic E-state index is 0.565. The zero-order valence-corrected chi connectivity index (χ0v) is 10.1. The van der Waals surface area contributed by atoms with Crippen LogP contribution >= 0.6 is 0 Å². The van der Waals surface area contributed by atoms with Crippen LogP contribution in [-0.4, -0.2) is 52.3 Å². The number of nitrogens with zero attached hydrogens (tertiary/aromatic N) is 5. The van der Waals surface area contributed by atoms with Gasteiger partial charge in [-0.3, -0.25) is 4.90 Å². The number of nitrogens with one attached hydrogen (secondary N) is 1. The molecule has 6 heteroatoms. The molecule has 90 valence electrons. The van der Waals surface area contributed by atoms with Gasteiger partial charge in [0.1, 0.15) is 0 Å². The summed E-state index contributed by atoms with van der Waals surface area (Å²) in [4.78, 5) is 2.27. The summed E-state index contributed by atoms with van der Waals surface area (Å²) in [6, 6.07) is 0.565. The van der Waals surface area contributed by atoms with Crippen LogP contribution in [0.15, 0.2) is 0 Å². The highest BCUT2D eigenvalue weighted by molar-refractivity contribution is 4.89. The van der Waals surface area contributed by atoms with E-state index in [0.29, 0.717) is 6.04 Å². The van der Waals surface area contributed by atoms with E-state index in [4.69, 9.17) is 0 Å². The first-order chi connectivity index (χ1) is 7.81. The third kappa shape index (κ3) is 2.99. The molecule has 16 heavy (non-hydrogen) atoms. The zero-order valence-electron chi connectivity index (χ0n) is 10.1. The van der Waals surface area contributed by atoms with Crippen LogP contribution in [0.25, 0.3) is 0 Å². The Hall–Kier alpha value is -1.01. The standard InChI is InChI=1S/C10H20N6/c1-11-6-3-7-15(2)8-10-12-13-14-16(10)9-4-5-9/h9,11H,3-8H2,1-2H3. The van der Waals surface area contributed by atoms with Crippen molar-refractivity contribution < 1.29 is 0 Å². The van der Waals surface area contributed by atoms with E-state index in [9.17, 15) is 0 Å². The van der Waals surface area contributed by atoms with Gasteiger partial charge in [-0.25, -0.2) is 4.68 Å². The fourth-order valence-corrected chi connectivity index (χ4v) is 1.77. The lowest BCUT2D eigenvalue weighted by Crippen LogP contribution is -2.24. The van der Waals surface area contributed by atoms with Gasteiger partial charge in [0, 0.05) is 0 Å². The molecule has 6 nitrogen and oxygen atoms in total. The predicted molar refractivity (Wildman–Crippen MR) is 61.0 cm³/mol. The van der Waals surface area contributed by atoms with Crippen LogP contribution in [0.3, 0.4) is 0 Å². The van der Waals surface area contributed by atoms with Crippen LogP contribution < -0.4 is 5.32 Å². The summed E-state index contributed by atoms with van der Waals surface area (Å²) in [6.45, 7) is 2.96. The summed E-state index contributed by atoms with van der Waals surface area (Å²) in [5.74, 6) is 0.995. The normalized spacial score (nSPS) is 15.9. The Kier molecular flexibility index (Phi) is 3.84. The molecule has 0 amide bonds. The van der Waals surface area contributed by atoms with Gasteiger partial charge in [0.15, 0.2) is 5.82 Å². The molecule has 0 aromatic carbocycles. The largest absolute Gasteiger partial charge is 0.320 e. The minimum Gasteiger partial charge on any atom is -0.320 e. The summed E-state index contributed by atoms with van der Waals surface area (Å²) in [7, 11) is 4.09. The van der Waals surface area contributed by atoms with Gasteiger partial charge >= 0.3 is 0 Å². The fourth-order valence-electron chi connectivity index (χ4n) is 1.77. The summed E-state index contributed by atoms with van der Waals surface area (Å²) < 4.78 is 1.98. The van der Waals surface area contributed by atoms with E-state index in [1.54, 1.807) is 0 Å². The first kappa shape index (κ1) is 11.5. The monoisotopic (exact) mass is 224 g/mol. The molecule has 0 spiro atoms. The second kappa shape index (κ2) is 5.36. The number of hydrogen-bond acceptors (Lipinski definition) is 5. The molecule has 0 unspecified atom stereocenters. The van der Waals surface area contributed by atoms with Gasteiger partial charge in [-0.1, -0.05) is 0 Å². The molecule has 0 bridgehead atoms. The maximum Gasteiger partial charge on any atom is 0.165 e. The van der Waals surface area contributed by atoms with Crippen LogP contribution in [-0.2, 0) is 6.54 Å². The molecule has 1 N–H and O–H groups in total. The van der Waals surface area contributed by atoms with E-state index in [0.717, 1.165) is 31.9 Å². The average Bonchev–Trinajstić information content (AvgIpc) is 3.01. The van der Waals surface area contributed by atoms with Crippen LogP contribution in [0.1, 0.15) is 31.1 Å². The lowest BCUT2D eigenvalue weighted by atomic mass is 10.4. The van der Waals surface area contributed by atoms with Crippen molar-refractivity contribution in [3.05, 3.63) is 5.82 Å². The van der Waals surface area contributed by atoms with Gasteiger partial charge in [0.05, 0.1) is 12.6 Å². The van der Waals surface area contributed by atoms with E-state index in [-0.39, 0.29) is 0 Å². The molecular weight excluding hydrogens is 204 g/mol. The second-order valence-corrected chi connectivity index (χ2v) is 4.47. The molecule has 1 aliphatic carbocycles. The molecule has 1 heterocycles. The van der Waals surface area contributed by atoms with Gasteiger partial charge < -0.3 is 5.32 Å². The van der Waals surface area contributed by atoms with Crippen molar-refractivity contribution in [2.75, 3.05) is 27.2 Å². The van der Waals surface area contributed by atoms with E-state index in [1.165, 1.54) is 12.8 Å². The van der Waals surface area contributed by atoms with Crippen LogP contribution in [0.5, 0.6) is 0 Å². The minimum absolute atomic E-state index is 0.565. The zero-order chi connectivity index (χ0) is 11.4. The number of rotatable bonds is 7. The predicted octanol–water partition coefficient (Wildman–Crippen LogP) is 0.0493. The Labute approximate surface area is 96.0 Å². The average molecular weight is 224 g/mol. The van der Waals surface area contributed by atoms with Gasteiger partial charge in [-0.15, -0.1) is 5.10 Å². The summed E-state index contributed by atoms with van der Waals surface area (Å²) in [5, 5.41) is 15.0. The lowest BCUT2D eigenvalue weighted by molar-refractivity contribution is 0.305. The van der Waals surface area contributed by atoms with Crippen molar-refractivity contribution in [1.82, 2.24) is 30.4 Å². The van der Waals surface area contributed by atoms with Crippen molar-refractivity contribution in [3.63, 3.8) is 0 Å². The highest BCUT2D eigenvalue weighted by Gasteiger charge is 2.27. The first-order valence-corrected chi connectivity index (χ1v) is 5.91. The van der Waals surface area contributed by atoms with Crippen molar-refractivity contribution in [1.29, 1.82) is 0 Å². The van der Waals surface area contributed by atoms with Crippen LogP contribution in [0, 0.1) is 0 Å². The van der Waals surface area contributed by atoms with Crippen molar-refractivity contribution >= 4 is 0 Å². The molecule has 0 radical (unpaired) electrons. The van der Waals surface area contributed by atoms with Crippen molar-refractivity contribution in [3.8, 4) is 0 Å².